The molecule has 0 aliphatic heterocycles. The van der Waals surface area contributed by atoms with Crippen molar-refractivity contribution in [2.75, 3.05) is 6.54 Å². The number of carbonyl (C=O) groups excluding carboxylic acids is 2. The molecule has 0 aliphatic rings. The number of imidazole rings is 1. The van der Waals surface area contributed by atoms with E-state index in [1.54, 1.807) is 12.5 Å². The SMILES string of the molecule is NC(=O)[C@H](Cc1ccccc1)NC(=O)CCNCc1ccc(-n2ccnc2)cc1. The first-order valence-corrected chi connectivity index (χ1v) is 9.52. The Morgan fingerprint density at radius 3 is 2.45 bits per heavy atom. The summed E-state index contributed by atoms with van der Waals surface area (Å²) in [6.07, 6.45) is 6.04. The Balaban J connectivity index is 1.40. The summed E-state index contributed by atoms with van der Waals surface area (Å²) in [5.74, 6) is -0.735. The van der Waals surface area contributed by atoms with Crippen LogP contribution in [0.3, 0.4) is 0 Å². The van der Waals surface area contributed by atoms with Crippen LogP contribution in [0.25, 0.3) is 5.69 Å². The zero-order valence-corrected chi connectivity index (χ0v) is 16.1. The number of nitrogens with one attached hydrogen (secondary N) is 2. The van der Waals surface area contributed by atoms with Gasteiger partial charge in [0.05, 0.1) is 6.33 Å². The van der Waals surface area contributed by atoms with Gasteiger partial charge in [0, 0.05) is 44.0 Å². The highest BCUT2D eigenvalue weighted by atomic mass is 16.2. The number of aromatic nitrogens is 2. The molecular formula is C22H25N5O2. The summed E-state index contributed by atoms with van der Waals surface area (Å²) in [5.41, 5.74) is 8.55. The van der Waals surface area contributed by atoms with Crippen molar-refractivity contribution in [3.8, 4) is 5.69 Å². The Kier molecular flexibility index (Phi) is 7.13. The smallest absolute Gasteiger partial charge is 0.240 e. The highest BCUT2D eigenvalue weighted by molar-refractivity contribution is 5.86. The van der Waals surface area contributed by atoms with Gasteiger partial charge in [-0.05, 0) is 23.3 Å². The van der Waals surface area contributed by atoms with Gasteiger partial charge in [-0.15, -0.1) is 0 Å². The molecule has 150 valence electrons. The Hall–Kier alpha value is -3.45. The minimum atomic E-state index is -0.708. The van der Waals surface area contributed by atoms with E-state index in [4.69, 9.17) is 5.73 Å². The number of carbonyl (C=O) groups is 2. The number of rotatable bonds is 10. The molecule has 4 N–H and O–H groups in total. The summed E-state index contributed by atoms with van der Waals surface area (Å²) in [4.78, 5) is 27.9. The lowest BCUT2D eigenvalue weighted by Gasteiger charge is -2.16. The van der Waals surface area contributed by atoms with Crippen LogP contribution < -0.4 is 16.4 Å². The maximum absolute atomic E-state index is 12.2. The van der Waals surface area contributed by atoms with Crippen molar-refractivity contribution >= 4 is 11.8 Å². The van der Waals surface area contributed by atoms with Gasteiger partial charge in [0.25, 0.3) is 0 Å². The maximum atomic E-state index is 12.2. The Bertz CT molecular complexity index is 908. The molecule has 2 amide bonds. The lowest BCUT2D eigenvalue weighted by molar-refractivity contribution is -0.127. The van der Waals surface area contributed by atoms with Gasteiger partial charge < -0.3 is 20.9 Å². The van der Waals surface area contributed by atoms with E-state index in [1.807, 2.05) is 65.4 Å². The van der Waals surface area contributed by atoms with E-state index in [0.29, 0.717) is 19.5 Å². The molecule has 1 heterocycles. The second kappa shape index (κ2) is 10.2. The number of hydrogen-bond acceptors (Lipinski definition) is 4. The molecule has 3 rings (SSSR count). The highest BCUT2D eigenvalue weighted by Crippen LogP contribution is 2.09. The lowest BCUT2D eigenvalue weighted by atomic mass is 10.1. The fourth-order valence-electron chi connectivity index (χ4n) is 2.97. The molecule has 0 saturated heterocycles. The Morgan fingerprint density at radius 2 is 1.79 bits per heavy atom. The molecule has 3 aromatic rings. The Morgan fingerprint density at radius 1 is 1.03 bits per heavy atom. The van der Waals surface area contributed by atoms with E-state index in [-0.39, 0.29) is 12.3 Å². The van der Waals surface area contributed by atoms with Crippen molar-refractivity contribution < 1.29 is 9.59 Å². The third kappa shape index (κ3) is 6.29. The molecule has 1 aromatic heterocycles. The van der Waals surface area contributed by atoms with Gasteiger partial charge >= 0.3 is 0 Å². The number of hydrogen-bond donors (Lipinski definition) is 3. The zero-order chi connectivity index (χ0) is 20.5. The first-order chi connectivity index (χ1) is 14.1. The monoisotopic (exact) mass is 391 g/mol. The molecular weight excluding hydrogens is 366 g/mol. The third-order valence-corrected chi connectivity index (χ3v) is 4.56. The van der Waals surface area contributed by atoms with Crippen molar-refractivity contribution in [3.05, 3.63) is 84.4 Å². The number of amides is 2. The highest BCUT2D eigenvalue weighted by Gasteiger charge is 2.18. The number of nitrogens with zero attached hydrogens (tertiary/aromatic N) is 2. The van der Waals surface area contributed by atoms with E-state index >= 15 is 0 Å². The summed E-state index contributed by atoms with van der Waals surface area (Å²) < 4.78 is 1.94. The molecule has 0 fully saturated rings. The second-order valence-corrected chi connectivity index (χ2v) is 6.78. The summed E-state index contributed by atoms with van der Waals surface area (Å²) in [5, 5.41) is 5.97. The predicted octanol–water partition coefficient (Wildman–Crippen LogP) is 1.56. The van der Waals surface area contributed by atoms with Gasteiger partial charge in [0.2, 0.25) is 11.8 Å². The topological polar surface area (TPSA) is 102 Å². The molecule has 0 saturated carbocycles. The van der Waals surface area contributed by atoms with E-state index in [2.05, 4.69) is 15.6 Å². The van der Waals surface area contributed by atoms with E-state index in [0.717, 1.165) is 16.8 Å². The summed E-state index contributed by atoms with van der Waals surface area (Å²) in [7, 11) is 0. The average molecular weight is 391 g/mol. The predicted molar refractivity (Wildman–Crippen MR) is 111 cm³/mol. The Labute approximate surface area is 170 Å². The second-order valence-electron chi connectivity index (χ2n) is 6.78. The van der Waals surface area contributed by atoms with Crippen molar-refractivity contribution in [3.63, 3.8) is 0 Å². The van der Waals surface area contributed by atoms with Gasteiger partial charge in [0.1, 0.15) is 6.04 Å². The summed E-state index contributed by atoms with van der Waals surface area (Å²) >= 11 is 0. The van der Waals surface area contributed by atoms with Crippen LogP contribution in [0.5, 0.6) is 0 Å². The fourth-order valence-corrected chi connectivity index (χ4v) is 2.97. The average Bonchev–Trinajstić information content (AvgIpc) is 3.27. The van der Waals surface area contributed by atoms with Crippen LogP contribution in [0, 0.1) is 0 Å². The first kappa shape index (κ1) is 20.3. The van der Waals surface area contributed by atoms with Gasteiger partial charge in [-0.3, -0.25) is 9.59 Å². The van der Waals surface area contributed by atoms with Gasteiger partial charge in [-0.1, -0.05) is 42.5 Å². The van der Waals surface area contributed by atoms with Crippen LogP contribution in [-0.2, 0) is 22.6 Å². The molecule has 1 atom stereocenters. The van der Waals surface area contributed by atoms with Gasteiger partial charge in [-0.25, -0.2) is 4.98 Å². The minimum Gasteiger partial charge on any atom is -0.368 e. The van der Waals surface area contributed by atoms with Crippen LogP contribution >= 0.6 is 0 Å². The molecule has 0 radical (unpaired) electrons. The van der Waals surface area contributed by atoms with Crippen LogP contribution in [0.15, 0.2) is 73.3 Å². The standard InChI is InChI=1S/C22H25N5O2/c23-22(29)20(14-17-4-2-1-3-5-17)26-21(28)10-11-24-15-18-6-8-19(9-7-18)27-13-12-25-16-27/h1-9,12-13,16,20,24H,10-11,14-15H2,(H2,23,29)(H,26,28)/t20-/m0/s1. The van der Waals surface area contributed by atoms with E-state index < -0.39 is 11.9 Å². The van der Waals surface area contributed by atoms with E-state index in [1.165, 1.54) is 0 Å². The summed E-state index contributed by atoms with van der Waals surface area (Å²) in [6.45, 7) is 1.16. The first-order valence-electron chi connectivity index (χ1n) is 9.52. The molecule has 2 aromatic carbocycles. The largest absolute Gasteiger partial charge is 0.368 e. The van der Waals surface area contributed by atoms with Crippen LogP contribution in [0.2, 0.25) is 0 Å². The zero-order valence-electron chi connectivity index (χ0n) is 16.1. The molecule has 0 bridgehead atoms. The van der Waals surface area contributed by atoms with Crippen molar-refractivity contribution in [1.82, 2.24) is 20.2 Å². The third-order valence-electron chi connectivity index (χ3n) is 4.56. The van der Waals surface area contributed by atoms with Crippen LogP contribution in [-0.4, -0.2) is 34.0 Å². The summed E-state index contributed by atoms with van der Waals surface area (Å²) in [6, 6.07) is 16.9. The number of benzene rings is 2. The maximum Gasteiger partial charge on any atom is 0.240 e. The molecule has 0 unspecified atom stereocenters. The minimum absolute atomic E-state index is 0.201. The lowest BCUT2D eigenvalue weighted by Crippen LogP contribution is -2.46. The van der Waals surface area contributed by atoms with Gasteiger partial charge in [0.15, 0.2) is 0 Å². The molecule has 0 aliphatic carbocycles. The number of primary amides is 1. The van der Waals surface area contributed by atoms with Crippen LogP contribution in [0.1, 0.15) is 17.5 Å². The molecule has 7 heteroatoms. The van der Waals surface area contributed by atoms with Gasteiger partial charge in [-0.2, -0.15) is 0 Å². The van der Waals surface area contributed by atoms with E-state index in [9.17, 15) is 9.59 Å². The normalized spacial score (nSPS) is 11.7. The van der Waals surface area contributed by atoms with Crippen molar-refractivity contribution in [2.24, 2.45) is 5.73 Å². The fraction of sp³-hybridized carbons (Fsp3) is 0.227. The molecule has 0 spiro atoms. The van der Waals surface area contributed by atoms with Crippen molar-refractivity contribution in [2.45, 2.75) is 25.4 Å². The molecule has 29 heavy (non-hydrogen) atoms. The van der Waals surface area contributed by atoms with Crippen molar-refractivity contribution in [1.29, 1.82) is 0 Å². The molecule has 7 nitrogen and oxygen atoms in total. The quantitative estimate of drug-likeness (QED) is 0.457. The number of nitrogens with two attached hydrogens (primary N) is 1. The van der Waals surface area contributed by atoms with Crippen LogP contribution in [0.4, 0.5) is 0 Å².